The Balaban J connectivity index is 2.89. The highest BCUT2D eigenvalue weighted by Gasteiger charge is 1.95. The predicted molar refractivity (Wildman–Crippen MR) is 50.7 cm³/mol. The summed E-state index contributed by atoms with van der Waals surface area (Å²) in [6.07, 6.45) is 4.98. The van der Waals surface area contributed by atoms with Crippen LogP contribution >= 0.6 is 0 Å². The zero-order valence-electron chi connectivity index (χ0n) is 7.90. The molecule has 0 saturated heterocycles. The fourth-order valence-electron chi connectivity index (χ4n) is 0.932. The Morgan fingerprint density at radius 1 is 1.27 bits per heavy atom. The molecule has 0 aliphatic rings. The summed E-state index contributed by atoms with van der Waals surface area (Å²) < 4.78 is 0. The summed E-state index contributed by atoms with van der Waals surface area (Å²) in [5.41, 5.74) is 5.73. The quantitative estimate of drug-likeness (QED) is 0.551. The van der Waals surface area contributed by atoms with Crippen molar-refractivity contribution >= 4 is 0 Å². The predicted octanol–water partition coefficient (Wildman–Crippen LogP) is 1.50. The number of hydrogen-bond acceptors (Lipinski definition) is 2. The molecule has 0 amide bonds. The van der Waals surface area contributed by atoms with Gasteiger partial charge in [0.2, 0.25) is 0 Å². The summed E-state index contributed by atoms with van der Waals surface area (Å²) >= 11 is 0. The molecule has 1 atom stereocenters. The van der Waals surface area contributed by atoms with Crippen molar-refractivity contribution in [3.63, 3.8) is 0 Å². The molecule has 0 rings (SSSR count). The molecule has 3 N–H and O–H groups in total. The van der Waals surface area contributed by atoms with Crippen LogP contribution in [0.25, 0.3) is 0 Å². The van der Waals surface area contributed by atoms with Crippen molar-refractivity contribution in [3.05, 3.63) is 0 Å². The van der Waals surface area contributed by atoms with E-state index in [4.69, 9.17) is 5.73 Å². The summed E-state index contributed by atoms with van der Waals surface area (Å²) in [5.74, 6) is 0. The van der Waals surface area contributed by atoms with Gasteiger partial charge in [-0.15, -0.1) is 0 Å². The van der Waals surface area contributed by atoms with Crippen LogP contribution in [0.5, 0.6) is 0 Å². The van der Waals surface area contributed by atoms with E-state index >= 15 is 0 Å². The fourth-order valence-corrected chi connectivity index (χ4v) is 0.932. The lowest BCUT2D eigenvalue weighted by molar-refractivity contribution is 0.544. The van der Waals surface area contributed by atoms with Crippen LogP contribution in [-0.4, -0.2) is 19.1 Å². The molecule has 0 radical (unpaired) electrons. The van der Waals surface area contributed by atoms with Crippen molar-refractivity contribution in [2.45, 2.75) is 45.6 Å². The van der Waals surface area contributed by atoms with Crippen molar-refractivity contribution in [2.75, 3.05) is 13.1 Å². The first-order valence-electron chi connectivity index (χ1n) is 4.77. The number of nitrogens with two attached hydrogens (primary N) is 1. The van der Waals surface area contributed by atoms with Crippen LogP contribution in [0.4, 0.5) is 0 Å². The van der Waals surface area contributed by atoms with Gasteiger partial charge in [0.05, 0.1) is 0 Å². The molecule has 0 aromatic rings. The van der Waals surface area contributed by atoms with E-state index in [0.717, 1.165) is 19.5 Å². The Labute approximate surface area is 70.5 Å². The highest BCUT2D eigenvalue weighted by molar-refractivity contribution is 4.61. The maximum atomic E-state index is 5.73. The third-order valence-electron chi connectivity index (χ3n) is 1.89. The zero-order chi connectivity index (χ0) is 8.53. The second-order valence-corrected chi connectivity index (χ2v) is 3.08. The van der Waals surface area contributed by atoms with Crippen molar-refractivity contribution < 1.29 is 0 Å². The Morgan fingerprint density at radius 2 is 2.00 bits per heavy atom. The van der Waals surface area contributed by atoms with Crippen LogP contribution in [0.2, 0.25) is 0 Å². The molecule has 1 unspecified atom stereocenters. The van der Waals surface area contributed by atoms with E-state index in [-0.39, 0.29) is 0 Å². The Kier molecular flexibility index (Phi) is 7.96. The van der Waals surface area contributed by atoms with Crippen molar-refractivity contribution in [3.8, 4) is 0 Å². The monoisotopic (exact) mass is 158 g/mol. The van der Waals surface area contributed by atoms with E-state index in [2.05, 4.69) is 19.2 Å². The lowest BCUT2D eigenvalue weighted by Crippen LogP contribution is -2.33. The minimum absolute atomic E-state index is 0.344. The largest absolute Gasteiger partial charge is 0.327 e. The second kappa shape index (κ2) is 8.02. The van der Waals surface area contributed by atoms with Crippen LogP contribution in [0.3, 0.4) is 0 Å². The van der Waals surface area contributed by atoms with E-state index in [1.165, 1.54) is 19.3 Å². The summed E-state index contributed by atoms with van der Waals surface area (Å²) in [7, 11) is 0. The molecule has 0 bridgehead atoms. The summed E-state index contributed by atoms with van der Waals surface area (Å²) in [6.45, 7) is 6.44. The van der Waals surface area contributed by atoms with E-state index in [1.54, 1.807) is 0 Å². The minimum atomic E-state index is 0.344. The average Bonchev–Trinajstić information content (AvgIpc) is 2.04. The Hall–Kier alpha value is -0.0800. The highest BCUT2D eigenvalue weighted by Crippen LogP contribution is 1.91. The van der Waals surface area contributed by atoms with Gasteiger partial charge in [-0.2, -0.15) is 0 Å². The molecule has 11 heavy (non-hydrogen) atoms. The molecule has 0 fully saturated rings. The molecule has 0 heterocycles. The van der Waals surface area contributed by atoms with Gasteiger partial charge in [0, 0.05) is 12.6 Å². The van der Waals surface area contributed by atoms with Gasteiger partial charge in [0.1, 0.15) is 0 Å². The normalized spacial score (nSPS) is 13.4. The highest BCUT2D eigenvalue weighted by atomic mass is 14.9. The molecular formula is C9H22N2. The van der Waals surface area contributed by atoms with Gasteiger partial charge in [0.25, 0.3) is 0 Å². The number of hydrogen-bond donors (Lipinski definition) is 2. The standard InChI is InChI=1S/C9H22N2/c1-3-5-6-7-11-8-9(10)4-2/h9,11H,3-8,10H2,1-2H3. The average molecular weight is 158 g/mol. The van der Waals surface area contributed by atoms with E-state index in [0.29, 0.717) is 6.04 Å². The van der Waals surface area contributed by atoms with Crippen molar-refractivity contribution in [1.29, 1.82) is 0 Å². The van der Waals surface area contributed by atoms with Gasteiger partial charge in [-0.1, -0.05) is 26.7 Å². The van der Waals surface area contributed by atoms with Gasteiger partial charge in [0.15, 0.2) is 0 Å². The van der Waals surface area contributed by atoms with E-state index < -0.39 is 0 Å². The van der Waals surface area contributed by atoms with Gasteiger partial charge in [-0.25, -0.2) is 0 Å². The van der Waals surface area contributed by atoms with Gasteiger partial charge in [-0.3, -0.25) is 0 Å². The summed E-state index contributed by atoms with van der Waals surface area (Å²) in [6, 6.07) is 0.344. The first kappa shape index (κ1) is 10.9. The Morgan fingerprint density at radius 3 is 2.55 bits per heavy atom. The molecule has 0 aliphatic carbocycles. The Bertz CT molecular complexity index is 74.0. The lowest BCUT2D eigenvalue weighted by atomic mass is 10.2. The SMILES string of the molecule is CCCCCNCC(N)CC. The lowest BCUT2D eigenvalue weighted by Gasteiger charge is -2.09. The maximum Gasteiger partial charge on any atom is 0.0162 e. The van der Waals surface area contributed by atoms with Gasteiger partial charge < -0.3 is 11.1 Å². The topological polar surface area (TPSA) is 38.0 Å². The van der Waals surface area contributed by atoms with Crippen molar-refractivity contribution in [2.24, 2.45) is 5.73 Å². The maximum absolute atomic E-state index is 5.73. The molecule has 0 aromatic carbocycles. The molecule has 0 aromatic heterocycles. The van der Waals surface area contributed by atoms with Crippen LogP contribution in [0.1, 0.15) is 39.5 Å². The van der Waals surface area contributed by atoms with E-state index in [1.807, 2.05) is 0 Å². The smallest absolute Gasteiger partial charge is 0.0162 e. The molecule has 0 spiro atoms. The first-order chi connectivity index (χ1) is 5.31. The van der Waals surface area contributed by atoms with E-state index in [9.17, 15) is 0 Å². The number of rotatable bonds is 7. The molecular weight excluding hydrogens is 136 g/mol. The summed E-state index contributed by atoms with van der Waals surface area (Å²) in [4.78, 5) is 0. The zero-order valence-corrected chi connectivity index (χ0v) is 7.90. The number of unbranched alkanes of at least 4 members (excludes halogenated alkanes) is 2. The van der Waals surface area contributed by atoms with Crippen molar-refractivity contribution in [1.82, 2.24) is 5.32 Å². The molecule has 2 nitrogen and oxygen atoms in total. The molecule has 2 heteroatoms. The van der Waals surface area contributed by atoms with Gasteiger partial charge in [-0.05, 0) is 19.4 Å². The fraction of sp³-hybridized carbons (Fsp3) is 1.00. The van der Waals surface area contributed by atoms with Crippen LogP contribution in [-0.2, 0) is 0 Å². The minimum Gasteiger partial charge on any atom is -0.327 e. The molecule has 0 saturated carbocycles. The molecule has 0 aliphatic heterocycles. The third kappa shape index (κ3) is 7.82. The third-order valence-corrected chi connectivity index (χ3v) is 1.89. The number of nitrogens with one attached hydrogen (secondary N) is 1. The van der Waals surface area contributed by atoms with Crippen LogP contribution in [0.15, 0.2) is 0 Å². The van der Waals surface area contributed by atoms with Crippen LogP contribution in [0, 0.1) is 0 Å². The molecule has 68 valence electrons. The first-order valence-corrected chi connectivity index (χ1v) is 4.77. The van der Waals surface area contributed by atoms with Gasteiger partial charge >= 0.3 is 0 Å². The second-order valence-electron chi connectivity index (χ2n) is 3.08. The van der Waals surface area contributed by atoms with Crippen LogP contribution < -0.4 is 11.1 Å². The summed E-state index contributed by atoms with van der Waals surface area (Å²) in [5, 5.41) is 3.35.